The van der Waals surface area contributed by atoms with Crippen molar-refractivity contribution in [3.8, 4) is 0 Å². The van der Waals surface area contributed by atoms with Crippen LogP contribution in [0.5, 0.6) is 0 Å². The van der Waals surface area contributed by atoms with E-state index in [1.165, 1.54) is 7.11 Å². The molecule has 0 spiro atoms. The first-order chi connectivity index (χ1) is 6.04. The Kier molecular flexibility index (Phi) is 5.71. The molecule has 78 valence electrons. The molecular formula is C10H21NO2. The van der Waals surface area contributed by atoms with Gasteiger partial charge in [0.25, 0.3) is 0 Å². The molecule has 0 radical (unpaired) electrons. The second kappa shape index (κ2) is 5.97. The molecule has 0 saturated heterocycles. The Balaban J connectivity index is 3.69. The van der Waals surface area contributed by atoms with Crippen LogP contribution in [0.4, 0.5) is 0 Å². The van der Waals surface area contributed by atoms with Crippen LogP contribution in [0.1, 0.15) is 33.6 Å². The maximum Gasteiger partial charge on any atom is 0.311 e. The van der Waals surface area contributed by atoms with Crippen molar-refractivity contribution in [2.75, 3.05) is 20.2 Å². The Hall–Kier alpha value is -0.570. The fourth-order valence-electron chi connectivity index (χ4n) is 1.21. The molecule has 0 unspecified atom stereocenters. The molecular weight excluding hydrogens is 166 g/mol. The predicted molar refractivity (Wildman–Crippen MR) is 53.6 cm³/mol. The summed E-state index contributed by atoms with van der Waals surface area (Å²) in [7, 11) is 1.44. The fourth-order valence-corrected chi connectivity index (χ4v) is 1.21. The van der Waals surface area contributed by atoms with Crippen molar-refractivity contribution in [1.29, 1.82) is 0 Å². The van der Waals surface area contributed by atoms with Gasteiger partial charge < -0.3 is 10.1 Å². The summed E-state index contributed by atoms with van der Waals surface area (Å²) in [6.07, 6.45) is 1.88. The summed E-state index contributed by atoms with van der Waals surface area (Å²) in [5, 5.41) is 3.23. The van der Waals surface area contributed by atoms with Crippen LogP contribution < -0.4 is 5.32 Å². The van der Waals surface area contributed by atoms with E-state index >= 15 is 0 Å². The highest BCUT2D eigenvalue weighted by Crippen LogP contribution is 2.23. The highest BCUT2D eigenvalue weighted by molar-refractivity contribution is 5.75. The lowest BCUT2D eigenvalue weighted by Gasteiger charge is -2.20. The number of methoxy groups -OCH3 is 1. The minimum atomic E-state index is -0.343. The van der Waals surface area contributed by atoms with Gasteiger partial charge in [0.2, 0.25) is 0 Å². The zero-order valence-corrected chi connectivity index (χ0v) is 9.14. The smallest absolute Gasteiger partial charge is 0.311 e. The Morgan fingerprint density at radius 3 is 2.54 bits per heavy atom. The molecule has 0 aromatic rings. The Morgan fingerprint density at radius 1 is 1.46 bits per heavy atom. The van der Waals surface area contributed by atoms with Gasteiger partial charge in [0.05, 0.1) is 12.5 Å². The lowest BCUT2D eigenvalue weighted by molar-refractivity contribution is -0.151. The second-order valence-electron chi connectivity index (χ2n) is 3.83. The Labute approximate surface area is 80.8 Å². The van der Waals surface area contributed by atoms with E-state index in [4.69, 9.17) is 4.74 Å². The average molecular weight is 187 g/mol. The van der Waals surface area contributed by atoms with Crippen molar-refractivity contribution in [3.05, 3.63) is 0 Å². The van der Waals surface area contributed by atoms with Gasteiger partial charge in [-0.1, -0.05) is 6.92 Å². The quantitative estimate of drug-likeness (QED) is 0.507. The zero-order valence-electron chi connectivity index (χ0n) is 9.14. The van der Waals surface area contributed by atoms with Gasteiger partial charge in [0.15, 0.2) is 0 Å². The molecule has 0 heterocycles. The van der Waals surface area contributed by atoms with E-state index < -0.39 is 0 Å². The molecule has 0 rings (SSSR count). The average Bonchev–Trinajstić information content (AvgIpc) is 2.11. The summed E-state index contributed by atoms with van der Waals surface area (Å²) in [6, 6.07) is 0. The second-order valence-corrected chi connectivity index (χ2v) is 3.83. The van der Waals surface area contributed by atoms with Crippen LogP contribution in [0.25, 0.3) is 0 Å². The molecule has 0 aliphatic rings. The van der Waals surface area contributed by atoms with Gasteiger partial charge in [-0.15, -0.1) is 0 Å². The van der Waals surface area contributed by atoms with Crippen LogP contribution in [0.2, 0.25) is 0 Å². The van der Waals surface area contributed by atoms with E-state index in [-0.39, 0.29) is 11.4 Å². The third-order valence-electron chi connectivity index (χ3n) is 2.14. The maximum absolute atomic E-state index is 11.3. The number of esters is 1. The summed E-state index contributed by atoms with van der Waals surface area (Å²) in [5.41, 5.74) is -0.343. The van der Waals surface area contributed by atoms with Gasteiger partial charge in [0, 0.05) is 0 Å². The summed E-state index contributed by atoms with van der Waals surface area (Å²) >= 11 is 0. The van der Waals surface area contributed by atoms with Gasteiger partial charge in [-0.2, -0.15) is 0 Å². The SMILES string of the molecule is CCNCCCC(C)(C)C(=O)OC. The topological polar surface area (TPSA) is 38.3 Å². The zero-order chi connectivity index (χ0) is 10.3. The third kappa shape index (κ3) is 4.88. The molecule has 0 bridgehead atoms. The van der Waals surface area contributed by atoms with Crippen LogP contribution in [-0.4, -0.2) is 26.2 Å². The summed E-state index contributed by atoms with van der Waals surface area (Å²) < 4.78 is 4.71. The van der Waals surface area contributed by atoms with Crippen molar-refractivity contribution >= 4 is 5.97 Å². The summed E-state index contributed by atoms with van der Waals surface area (Å²) in [5.74, 6) is -0.121. The van der Waals surface area contributed by atoms with E-state index in [0.29, 0.717) is 0 Å². The van der Waals surface area contributed by atoms with Gasteiger partial charge in [0.1, 0.15) is 0 Å². The van der Waals surface area contributed by atoms with Crippen LogP contribution >= 0.6 is 0 Å². The minimum Gasteiger partial charge on any atom is -0.469 e. The molecule has 3 heteroatoms. The van der Waals surface area contributed by atoms with Crippen molar-refractivity contribution in [1.82, 2.24) is 5.32 Å². The third-order valence-corrected chi connectivity index (χ3v) is 2.14. The largest absolute Gasteiger partial charge is 0.469 e. The first-order valence-electron chi connectivity index (χ1n) is 4.83. The standard InChI is InChI=1S/C10H21NO2/c1-5-11-8-6-7-10(2,3)9(12)13-4/h11H,5-8H2,1-4H3. The normalized spacial score (nSPS) is 11.4. The molecule has 0 aromatic carbocycles. The van der Waals surface area contributed by atoms with Crippen LogP contribution in [0, 0.1) is 5.41 Å². The van der Waals surface area contributed by atoms with E-state index in [2.05, 4.69) is 12.2 Å². The minimum absolute atomic E-state index is 0.121. The lowest BCUT2D eigenvalue weighted by Crippen LogP contribution is -2.27. The van der Waals surface area contributed by atoms with Gasteiger partial charge >= 0.3 is 5.97 Å². The number of ether oxygens (including phenoxy) is 1. The van der Waals surface area contributed by atoms with Crippen molar-refractivity contribution in [2.24, 2.45) is 5.41 Å². The number of nitrogens with one attached hydrogen (secondary N) is 1. The number of hydrogen-bond acceptors (Lipinski definition) is 3. The first-order valence-corrected chi connectivity index (χ1v) is 4.83. The van der Waals surface area contributed by atoms with Gasteiger partial charge in [-0.3, -0.25) is 4.79 Å². The van der Waals surface area contributed by atoms with Crippen LogP contribution in [0.15, 0.2) is 0 Å². The van der Waals surface area contributed by atoms with E-state index in [9.17, 15) is 4.79 Å². The number of carbonyl (C=O) groups is 1. The predicted octanol–water partition coefficient (Wildman–Crippen LogP) is 1.58. The highest BCUT2D eigenvalue weighted by Gasteiger charge is 2.27. The number of carbonyl (C=O) groups excluding carboxylic acids is 1. The molecule has 0 saturated carbocycles. The molecule has 0 fully saturated rings. The monoisotopic (exact) mass is 187 g/mol. The van der Waals surface area contributed by atoms with Gasteiger partial charge in [-0.05, 0) is 39.8 Å². The van der Waals surface area contributed by atoms with E-state index in [0.717, 1.165) is 25.9 Å². The van der Waals surface area contributed by atoms with Crippen LogP contribution in [0.3, 0.4) is 0 Å². The van der Waals surface area contributed by atoms with Crippen LogP contribution in [-0.2, 0) is 9.53 Å². The Bertz CT molecular complexity index is 155. The molecule has 13 heavy (non-hydrogen) atoms. The molecule has 3 nitrogen and oxygen atoms in total. The first kappa shape index (κ1) is 12.4. The highest BCUT2D eigenvalue weighted by atomic mass is 16.5. The van der Waals surface area contributed by atoms with E-state index in [1.807, 2.05) is 13.8 Å². The maximum atomic E-state index is 11.3. The molecule has 0 atom stereocenters. The molecule has 0 aliphatic carbocycles. The molecule has 1 N–H and O–H groups in total. The van der Waals surface area contributed by atoms with Crippen molar-refractivity contribution in [3.63, 3.8) is 0 Å². The van der Waals surface area contributed by atoms with Crippen molar-refractivity contribution in [2.45, 2.75) is 33.6 Å². The van der Waals surface area contributed by atoms with Crippen molar-refractivity contribution < 1.29 is 9.53 Å². The lowest BCUT2D eigenvalue weighted by atomic mass is 9.88. The molecule has 0 aliphatic heterocycles. The molecule has 0 amide bonds. The summed E-state index contributed by atoms with van der Waals surface area (Å²) in [6.45, 7) is 7.87. The number of hydrogen-bond donors (Lipinski definition) is 1. The van der Waals surface area contributed by atoms with E-state index in [1.54, 1.807) is 0 Å². The van der Waals surface area contributed by atoms with Gasteiger partial charge in [-0.25, -0.2) is 0 Å². The molecule has 0 aromatic heterocycles. The summed E-state index contributed by atoms with van der Waals surface area (Å²) in [4.78, 5) is 11.3. The fraction of sp³-hybridized carbons (Fsp3) is 0.900. The number of rotatable bonds is 6. The Morgan fingerprint density at radius 2 is 2.08 bits per heavy atom.